The first-order valence-electron chi connectivity index (χ1n) is 9.36. The van der Waals surface area contributed by atoms with Crippen molar-refractivity contribution >= 4 is 65.6 Å². The number of rotatable bonds is 5. The number of aryl methyl sites for hydroxylation is 1. The quantitative estimate of drug-likeness (QED) is 0.584. The lowest BCUT2D eigenvalue weighted by Crippen LogP contribution is -2.49. The summed E-state index contributed by atoms with van der Waals surface area (Å²) < 4.78 is 29.0. The highest BCUT2D eigenvalue weighted by Gasteiger charge is 2.38. The minimum absolute atomic E-state index is 0.162. The van der Waals surface area contributed by atoms with Gasteiger partial charge in [-0.1, -0.05) is 48.4 Å². The summed E-state index contributed by atoms with van der Waals surface area (Å²) in [6.45, 7) is 2.38. The maximum absolute atomic E-state index is 13.1. The molecule has 1 amide bonds. The molecule has 1 N–H and O–H groups in total. The first-order valence-corrected chi connectivity index (χ1v) is 12.8. The fourth-order valence-electron chi connectivity index (χ4n) is 3.54. The van der Waals surface area contributed by atoms with Gasteiger partial charge < -0.3 is 5.32 Å². The SMILES string of the molecule is CCc1cccc2sc(NC(=O)C3CCCCN3S(=O)(=O)c3ccc(Cl)s3)nc12. The van der Waals surface area contributed by atoms with Crippen molar-refractivity contribution in [2.24, 2.45) is 0 Å². The predicted octanol–water partition coefficient (Wildman–Crippen LogP) is 4.76. The van der Waals surface area contributed by atoms with E-state index >= 15 is 0 Å². The molecule has 1 aliphatic heterocycles. The van der Waals surface area contributed by atoms with Crippen LogP contribution >= 0.6 is 34.3 Å². The summed E-state index contributed by atoms with van der Waals surface area (Å²) in [6, 6.07) is 8.27. The van der Waals surface area contributed by atoms with Crippen LogP contribution in [0.15, 0.2) is 34.5 Å². The number of thiazole rings is 1. The molecule has 6 nitrogen and oxygen atoms in total. The van der Waals surface area contributed by atoms with Gasteiger partial charge in [-0.05, 0) is 43.0 Å². The lowest BCUT2D eigenvalue weighted by Gasteiger charge is -2.32. The van der Waals surface area contributed by atoms with Gasteiger partial charge in [0.2, 0.25) is 5.91 Å². The summed E-state index contributed by atoms with van der Waals surface area (Å²) in [5, 5.41) is 3.34. The molecule has 1 aliphatic rings. The first-order chi connectivity index (χ1) is 13.9. The molecule has 0 radical (unpaired) electrons. The zero-order valence-electron chi connectivity index (χ0n) is 15.7. The van der Waals surface area contributed by atoms with E-state index in [4.69, 9.17) is 11.6 Å². The molecular formula is C19H20ClN3O3S3. The van der Waals surface area contributed by atoms with E-state index in [1.807, 2.05) is 18.2 Å². The molecule has 1 fully saturated rings. The Balaban J connectivity index is 1.59. The third-order valence-corrected chi connectivity index (χ3v) is 9.52. The smallest absolute Gasteiger partial charge is 0.253 e. The molecule has 154 valence electrons. The van der Waals surface area contributed by atoms with E-state index in [-0.39, 0.29) is 10.1 Å². The number of carbonyl (C=O) groups excluding carboxylic acids is 1. The molecule has 0 saturated carbocycles. The Kier molecular flexibility index (Phi) is 5.94. The second-order valence-electron chi connectivity index (χ2n) is 6.81. The summed E-state index contributed by atoms with van der Waals surface area (Å²) in [7, 11) is -3.77. The van der Waals surface area contributed by atoms with Gasteiger partial charge in [0.15, 0.2) is 5.13 Å². The summed E-state index contributed by atoms with van der Waals surface area (Å²) in [5.41, 5.74) is 2.01. The molecule has 1 saturated heterocycles. The van der Waals surface area contributed by atoms with Crippen molar-refractivity contribution in [3.8, 4) is 0 Å². The van der Waals surface area contributed by atoms with Crippen LogP contribution in [-0.2, 0) is 21.2 Å². The fraction of sp³-hybridized carbons (Fsp3) is 0.368. The van der Waals surface area contributed by atoms with Crippen LogP contribution < -0.4 is 5.32 Å². The molecule has 10 heteroatoms. The minimum atomic E-state index is -3.77. The Bertz CT molecular complexity index is 1160. The molecule has 2 aromatic heterocycles. The molecule has 3 aromatic rings. The molecule has 0 bridgehead atoms. The zero-order chi connectivity index (χ0) is 20.6. The highest BCUT2D eigenvalue weighted by molar-refractivity contribution is 7.91. The van der Waals surface area contributed by atoms with E-state index in [9.17, 15) is 13.2 Å². The average Bonchev–Trinajstić information content (AvgIpc) is 3.33. The van der Waals surface area contributed by atoms with Gasteiger partial charge in [0.05, 0.1) is 14.6 Å². The summed E-state index contributed by atoms with van der Waals surface area (Å²) in [5.74, 6) is -0.340. The monoisotopic (exact) mass is 469 g/mol. The maximum Gasteiger partial charge on any atom is 0.253 e. The number of sulfonamides is 1. The van der Waals surface area contributed by atoms with E-state index in [1.54, 1.807) is 6.07 Å². The van der Waals surface area contributed by atoms with E-state index in [2.05, 4.69) is 17.2 Å². The van der Waals surface area contributed by atoms with Crippen molar-refractivity contribution in [2.75, 3.05) is 11.9 Å². The number of para-hydroxylation sites is 1. The number of fused-ring (bicyclic) bond motifs is 1. The number of carbonyl (C=O) groups is 1. The van der Waals surface area contributed by atoms with Crippen LogP contribution in [-0.4, -0.2) is 36.2 Å². The van der Waals surface area contributed by atoms with Crippen molar-refractivity contribution in [3.63, 3.8) is 0 Å². The number of nitrogens with zero attached hydrogens (tertiary/aromatic N) is 2. The van der Waals surface area contributed by atoms with Crippen molar-refractivity contribution in [1.82, 2.24) is 9.29 Å². The van der Waals surface area contributed by atoms with Crippen molar-refractivity contribution < 1.29 is 13.2 Å². The molecule has 1 aromatic carbocycles. The number of amides is 1. The second kappa shape index (κ2) is 8.31. The molecule has 0 spiro atoms. The van der Waals surface area contributed by atoms with E-state index < -0.39 is 16.1 Å². The first kappa shape index (κ1) is 20.7. The lowest BCUT2D eigenvalue weighted by atomic mass is 10.0. The van der Waals surface area contributed by atoms with E-state index in [0.717, 1.165) is 46.4 Å². The van der Waals surface area contributed by atoms with Crippen LogP contribution in [0.4, 0.5) is 5.13 Å². The highest BCUT2D eigenvalue weighted by Crippen LogP contribution is 2.33. The summed E-state index contributed by atoms with van der Waals surface area (Å²) in [4.78, 5) is 17.6. The van der Waals surface area contributed by atoms with E-state index in [1.165, 1.54) is 21.7 Å². The highest BCUT2D eigenvalue weighted by atomic mass is 35.5. The van der Waals surface area contributed by atoms with Gasteiger partial charge in [0.25, 0.3) is 10.0 Å². The molecule has 1 atom stereocenters. The van der Waals surface area contributed by atoms with Gasteiger partial charge in [-0.3, -0.25) is 4.79 Å². The van der Waals surface area contributed by atoms with Crippen molar-refractivity contribution in [3.05, 3.63) is 40.2 Å². The van der Waals surface area contributed by atoms with Gasteiger partial charge in [0.1, 0.15) is 10.3 Å². The Morgan fingerprint density at radius 3 is 2.83 bits per heavy atom. The Hall–Kier alpha value is -1.52. The largest absolute Gasteiger partial charge is 0.301 e. The van der Waals surface area contributed by atoms with Crippen LogP contribution in [0.25, 0.3) is 10.2 Å². The van der Waals surface area contributed by atoms with Crippen LogP contribution in [0.2, 0.25) is 4.34 Å². The Morgan fingerprint density at radius 1 is 1.28 bits per heavy atom. The molecule has 0 aliphatic carbocycles. The fourth-order valence-corrected chi connectivity index (χ4v) is 7.73. The number of nitrogens with one attached hydrogen (secondary N) is 1. The number of thiophene rings is 1. The minimum Gasteiger partial charge on any atom is -0.301 e. The van der Waals surface area contributed by atoms with Gasteiger partial charge in [-0.15, -0.1) is 11.3 Å². The predicted molar refractivity (Wildman–Crippen MR) is 118 cm³/mol. The van der Waals surface area contributed by atoms with E-state index in [0.29, 0.717) is 22.4 Å². The number of piperidine rings is 1. The van der Waals surface area contributed by atoms with Crippen LogP contribution in [0, 0.1) is 0 Å². The van der Waals surface area contributed by atoms with Crippen molar-refractivity contribution in [2.45, 2.75) is 42.9 Å². The number of halogens is 1. The zero-order valence-corrected chi connectivity index (χ0v) is 18.9. The van der Waals surface area contributed by atoms with Crippen molar-refractivity contribution in [1.29, 1.82) is 0 Å². The number of anilines is 1. The standard InChI is InChI=1S/C19H20ClN3O3S3/c1-2-12-6-5-8-14-17(12)21-19(27-14)22-18(24)13-7-3-4-11-23(13)29(25,26)16-10-9-15(20)28-16/h5-6,8-10,13H,2-4,7,11H2,1H3,(H,21,22,24). The Labute approximate surface area is 182 Å². The molecule has 1 unspecified atom stereocenters. The second-order valence-corrected chi connectivity index (χ2v) is 11.7. The van der Waals surface area contributed by atoms with Crippen LogP contribution in [0.1, 0.15) is 31.7 Å². The maximum atomic E-state index is 13.1. The number of hydrogen-bond donors (Lipinski definition) is 1. The van der Waals surface area contributed by atoms with Gasteiger partial charge in [-0.2, -0.15) is 4.31 Å². The molecular weight excluding hydrogens is 450 g/mol. The molecule has 4 rings (SSSR count). The van der Waals surface area contributed by atoms with Gasteiger partial charge in [-0.25, -0.2) is 13.4 Å². The topological polar surface area (TPSA) is 79.4 Å². The molecule has 3 heterocycles. The van der Waals surface area contributed by atoms with Crippen LogP contribution in [0.5, 0.6) is 0 Å². The molecule has 29 heavy (non-hydrogen) atoms. The summed E-state index contributed by atoms with van der Waals surface area (Å²) in [6.07, 6.45) is 2.86. The number of aromatic nitrogens is 1. The lowest BCUT2D eigenvalue weighted by molar-refractivity contribution is -0.120. The van der Waals surface area contributed by atoms with Gasteiger partial charge >= 0.3 is 0 Å². The van der Waals surface area contributed by atoms with Gasteiger partial charge in [0, 0.05) is 6.54 Å². The van der Waals surface area contributed by atoms with Crippen LogP contribution in [0.3, 0.4) is 0 Å². The number of hydrogen-bond acceptors (Lipinski definition) is 6. The normalized spacial score (nSPS) is 18.2. The summed E-state index contributed by atoms with van der Waals surface area (Å²) >= 11 is 8.33. The average molecular weight is 470 g/mol. The third kappa shape index (κ3) is 4.06. The third-order valence-electron chi connectivity index (χ3n) is 4.98. The number of benzene rings is 1. The Morgan fingerprint density at radius 2 is 2.10 bits per heavy atom.